The van der Waals surface area contributed by atoms with Gasteiger partial charge in [0, 0.05) is 11.6 Å². The van der Waals surface area contributed by atoms with Crippen molar-refractivity contribution in [3.05, 3.63) is 90.1 Å². The Labute approximate surface area is 166 Å². The van der Waals surface area contributed by atoms with Crippen LogP contribution in [0, 0.1) is 0 Å². The first-order valence-corrected chi connectivity index (χ1v) is 9.28. The summed E-state index contributed by atoms with van der Waals surface area (Å²) in [5, 5.41) is 0.482. The average molecular weight is 393 g/mol. The molecule has 1 heterocycles. The van der Waals surface area contributed by atoms with E-state index in [1.165, 1.54) is 12.3 Å². The van der Waals surface area contributed by atoms with Gasteiger partial charge in [-0.3, -0.25) is 4.98 Å². The third kappa shape index (κ3) is 3.81. The van der Waals surface area contributed by atoms with E-state index >= 15 is 0 Å². The zero-order valence-corrected chi connectivity index (χ0v) is 15.7. The van der Waals surface area contributed by atoms with Crippen LogP contribution < -0.4 is 4.74 Å². The Balaban J connectivity index is 1.88. The Morgan fingerprint density at radius 3 is 2.31 bits per heavy atom. The molecule has 0 radical (unpaired) electrons. The second-order valence-electron chi connectivity index (χ2n) is 6.65. The fourth-order valence-electron chi connectivity index (χ4n) is 3.44. The van der Waals surface area contributed by atoms with Crippen LogP contribution in [0.4, 0.5) is 13.2 Å². The molecular weight excluding hydrogens is 375 g/mol. The Kier molecular flexibility index (Phi) is 4.97. The summed E-state index contributed by atoms with van der Waals surface area (Å²) < 4.78 is 46.4. The molecule has 0 saturated carbocycles. The number of benzene rings is 3. The third-order valence-corrected chi connectivity index (χ3v) is 4.76. The van der Waals surface area contributed by atoms with Crippen LogP contribution in [0.1, 0.15) is 18.1 Å². The van der Waals surface area contributed by atoms with Crippen LogP contribution in [0.25, 0.3) is 22.0 Å². The van der Waals surface area contributed by atoms with Gasteiger partial charge in [0.05, 0.1) is 11.1 Å². The van der Waals surface area contributed by atoms with E-state index in [4.69, 9.17) is 4.74 Å². The molecule has 0 bridgehead atoms. The van der Waals surface area contributed by atoms with Crippen LogP contribution in [0.5, 0.6) is 11.5 Å². The van der Waals surface area contributed by atoms with E-state index < -0.39 is 11.7 Å². The SMILES string of the molecule is CCc1cnc2c(C(F)(F)F)cccc2c1-c1cccc(Oc2ccccc2)c1. The van der Waals surface area contributed by atoms with Crippen molar-refractivity contribution in [3.8, 4) is 22.6 Å². The molecule has 29 heavy (non-hydrogen) atoms. The standard InChI is InChI=1S/C24H18F3NO/c1-2-16-15-28-23-20(12-7-13-21(23)24(25,26)27)22(16)17-8-6-11-19(14-17)29-18-9-4-3-5-10-18/h3-15H,2H2,1H3. The summed E-state index contributed by atoms with van der Waals surface area (Å²) in [4.78, 5) is 4.14. The largest absolute Gasteiger partial charge is 0.457 e. The van der Waals surface area contributed by atoms with Crippen molar-refractivity contribution < 1.29 is 17.9 Å². The highest BCUT2D eigenvalue weighted by atomic mass is 19.4. The van der Waals surface area contributed by atoms with Gasteiger partial charge in [-0.15, -0.1) is 0 Å². The number of pyridine rings is 1. The van der Waals surface area contributed by atoms with Crippen molar-refractivity contribution in [1.82, 2.24) is 4.98 Å². The summed E-state index contributed by atoms with van der Waals surface area (Å²) in [6.07, 6.45) is -2.27. The van der Waals surface area contributed by atoms with Crippen molar-refractivity contribution in [2.24, 2.45) is 0 Å². The normalized spacial score (nSPS) is 11.6. The van der Waals surface area contributed by atoms with Gasteiger partial charge in [-0.25, -0.2) is 0 Å². The van der Waals surface area contributed by atoms with E-state index in [2.05, 4.69) is 4.98 Å². The second kappa shape index (κ2) is 7.59. The molecule has 4 rings (SSSR count). The first kappa shape index (κ1) is 19.0. The lowest BCUT2D eigenvalue weighted by molar-refractivity contribution is -0.136. The van der Waals surface area contributed by atoms with Gasteiger partial charge in [0.2, 0.25) is 0 Å². The Morgan fingerprint density at radius 1 is 0.862 bits per heavy atom. The number of hydrogen-bond acceptors (Lipinski definition) is 2. The van der Waals surface area contributed by atoms with E-state index in [1.807, 2.05) is 61.5 Å². The van der Waals surface area contributed by atoms with Crippen LogP contribution in [0.2, 0.25) is 0 Å². The second-order valence-corrected chi connectivity index (χ2v) is 6.65. The maximum atomic E-state index is 13.5. The van der Waals surface area contributed by atoms with Gasteiger partial charge in [-0.2, -0.15) is 13.2 Å². The number of rotatable bonds is 4. The number of aromatic nitrogens is 1. The van der Waals surface area contributed by atoms with E-state index in [0.29, 0.717) is 23.3 Å². The van der Waals surface area contributed by atoms with Crippen molar-refractivity contribution in [3.63, 3.8) is 0 Å². The fourth-order valence-corrected chi connectivity index (χ4v) is 3.44. The van der Waals surface area contributed by atoms with Gasteiger partial charge in [0.15, 0.2) is 0 Å². The first-order chi connectivity index (χ1) is 14.0. The summed E-state index contributed by atoms with van der Waals surface area (Å²) in [6.45, 7) is 1.96. The van der Waals surface area contributed by atoms with Crippen LogP contribution in [0.3, 0.4) is 0 Å². The molecule has 3 aromatic carbocycles. The van der Waals surface area contributed by atoms with Gasteiger partial charge in [-0.1, -0.05) is 49.4 Å². The number of fused-ring (bicyclic) bond motifs is 1. The third-order valence-electron chi connectivity index (χ3n) is 4.76. The number of para-hydroxylation sites is 2. The fraction of sp³-hybridized carbons (Fsp3) is 0.125. The van der Waals surface area contributed by atoms with E-state index in [9.17, 15) is 13.2 Å². The Bertz CT molecular complexity index is 1150. The molecule has 2 nitrogen and oxygen atoms in total. The topological polar surface area (TPSA) is 22.1 Å². The molecule has 0 N–H and O–H groups in total. The van der Waals surface area contributed by atoms with E-state index in [-0.39, 0.29) is 5.52 Å². The van der Waals surface area contributed by atoms with Crippen LogP contribution in [-0.4, -0.2) is 4.98 Å². The van der Waals surface area contributed by atoms with Crippen molar-refractivity contribution >= 4 is 10.9 Å². The number of hydrogen-bond donors (Lipinski definition) is 0. The van der Waals surface area contributed by atoms with Crippen molar-refractivity contribution in [2.45, 2.75) is 19.5 Å². The molecule has 0 saturated heterocycles. The zero-order chi connectivity index (χ0) is 20.4. The number of aryl methyl sites for hydroxylation is 1. The number of nitrogens with zero attached hydrogens (tertiary/aromatic N) is 1. The highest BCUT2D eigenvalue weighted by molar-refractivity contribution is 5.98. The summed E-state index contributed by atoms with van der Waals surface area (Å²) >= 11 is 0. The van der Waals surface area contributed by atoms with Crippen molar-refractivity contribution in [2.75, 3.05) is 0 Å². The van der Waals surface area contributed by atoms with Gasteiger partial charge in [0.25, 0.3) is 0 Å². The molecule has 0 aliphatic heterocycles. The van der Waals surface area contributed by atoms with Gasteiger partial charge in [-0.05, 0) is 53.4 Å². The lowest BCUT2D eigenvalue weighted by Crippen LogP contribution is -2.07. The predicted molar refractivity (Wildman–Crippen MR) is 108 cm³/mol. The maximum absolute atomic E-state index is 13.5. The minimum absolute atomic E-state index is 0.0402. The minimum atomic E-state index is -4.46. The molecule has 146 valence electrons. The molecule has 0 spiro atoms. The van der Waals surface area contributed by atoms with Crippen LogP contribution >= 0.6 is 0 Å². The first-order valence-electron chi connectivity index (χ1n) is 9.28. The Hall–Kier alpha value is -3.34. The zero-order valence-electron chi connectivity index (χ0n) is 15.7. The van der Waals surface area contributed by atoms with Gasteiger partial charge in [0.1, 0.15) is 11.5 Å². The molecule has 4 aromatic rings. The molecule has 5 heteroatoms. The number of alkyl halides is 3. The van der Waals surface area contributed by atoms with Gasteiger partial charge >= 0.3 is 6.18 Å². The molecule has 0 aliphatic carbocycles. The summed E-state index contributed by atoms with van der Waals surface area (Å²) in [6, 6.07) is 20.9. The molecule has 0 aliphatic rings. The highest BCUT2D eigenvalue weighted by Gasteiger charge is 2.33. The number of ether oxygens (including phenoxy) is 1. The average Bonchev–Trinajstić information content (AvgIpc) is 2.72. The Morgan fingerprint density at radius 2 is 1.59 bits per heavy atom. The predicted octanol–water partition coefficient (Wildman–Crippen LogP) is 7.28. The maximum Gasteiger partial charge on any atom is 0.418 e. The molecular formula is C24H18F3NO. The number of halogens is 3. The van der Waals surface area contributed by atoms with Gasteiger partial charge < -0.3 is 4.74 Å². The van der Waals surface area contributed by atoms with E-state index in [1.54, 1.807) is 6.07 Å². The highest BCUT2D eigenvalue weighted by Crippen LogP contribution is 2.39. The quantitative estimate of drug-likeness (QED) is 0.364. The smallest absolute Gasteiger partial charge is 0.418 e. The molecule has 1 aromatic heterocycles. The molecule has 0 unspecified atom stereocenters. The van der Waals surface area contributed by atoms with Crippen LogP contribution in [0.15, 0.2) is 79.0 Å². The molecule has 0 atom stereocenters. The summed E-state index contributed by atoms with van der Waals surface area (Å²) in [7, 11) is 0. The summed E-state index contributed by atoms with van der Waals surface area (Å²) in [5.41, 5.74) is 1.66. The lowest BCUT2D eigenvalue weighted by Gasteiger charge is -2.16. The van der Waals surface area contributed by atoms with Crippen molar-refractivity contribution in [1.29, 1.82) is 0 Å². The summed E-state index contributed by atoms with van der Waals surface area (Å²) in [5.74, 6) is 1.31. The molecule has 0 fully saturated rings. The minimum Gasteiger partial charge on any atom is -0.457 e. The monoisotopic (exact) mass is 393 g/mol. The lowest BCUT2D eigenvalue weighted by atomic mass is 9.93. The molecule has 0 amide bonds. The van der Waals surface area contributed by atoms with Crippen LogP contribution in [-0.2, 0) is 12.6 Å². The van der Waals surface area contributed by atoms with E-state index in [0.717, 1.165) is 22.8 Å².